The van der Waals surface area contributed by atoms with Crippen LogP contribution in [0.25, 0.3) is 0 Å². The van der Waals surface area contributed by atoms with E-state index in [1.54, 1.807) is 0 Å². The van der Waals surface area contributed by atoms with Crippen molar-refractivity contribution in [1.82, 2.24) is 0 Å². The van der Waals surface area contributed by atoms with Gasteiger partial charge in [0.1, 0.15) is 0 Å². The smallest absolute Gasteiger partial charge is 1.00 e. The summed E-state index contributed by atoms with van der Waals surface area (Å²) >= 11 is 0. The maximum atomic E-state index is 2.23. The van der Waals surface area contributed by atoms with E-state index in [0.29, 0.717) is 0 Å². The van der Waals surface area contributed by atoms with E-state index in [1.807, 2.05) is 0 Å². The predicted octanol–water partition coefficient (Wildman–Crippen LogP) is -0.297. The topological polar surface area (TPSA) is 0 Å². The first-order valence-electron chi connectivity index (χ1n) is 2.91. The van der Waals surface area contributed by atoms with Gasteiger partial charge in [0.25, 0.3) is 0 Å². The minimum atomic E-state index is 0. The molecule has 0 nitrogen and oxygen atoms in total. The van der Waals surface area contributed by atoms with Gasteiger partial charge in [-0.15, -0.1) is 0 Å². The molecule has 0 fully saturated rings. The second-order valence-electron chi connectivity index (χ2n) is 1.71. The third kappa shape index (κ3) is 11.3. The molecule has 1 heteroatoms. The van der Waals surface area contributed by atoms with E-state index in [0.717, 1.165) is 0 Å². The molecule has 0 amide bonds. The van der Waals surface area contributed by atoms with Crippen LogP contribution in [0.5, 0.6) is 0 Å². The zero-order valence-electron chi connectivity index (χ0n) is 6.83. The third-order valence-corrected chi connectivity index (χ3v) is 0.957. The van der Waals surface area contributed by atoms with Gasteiger partial charge in [-0.05, 0) is 0 Å². The first kappa shape index (κ1) is 11.4. The molecule has 0 aliphatic rings. The second-order valence-corrected chi connectivity index (χ2v) is 1.71. The van der Waals surface area contributed by atoms with Crippen molar-refractivity contribution in [2.45, 2.75) is 39.5 Å². The van der Waals surface area contributed by atoms with Crippen molar-refractivity contribution in [3.63, 3.8) is 0 Å². The molecule has 0 unspecified atom stereocenters. The van der Waals surface area contributed by atoms with Crippen LogP contribution in [0.2, 0.25) is 0 Å². The van der Waals surface area contributed by atoms with E-state index in [2.05, 4.69) is 13.8 Å². The summed E-state index contributed by atoms with van der Waals surface area (Å²) in [5.74, 6) is 0. The Morgan fingerprint density at radius 1 is 1.00 bits per heavy atom. The molecule has 0 N–H and O–H groups in total. The molecule has 0 aliphatic heterocycles. The van der Waals surface area contributed by atoms with Crippen molar-refractivity contribution >= 4 is 0 Å². The largest absolute Gasteiger partial charge is 1.00 e. The summed E-state index contributed by atoms with van der Waals surface area (Å²) in [4.78, 5) is 0. The minimum Gasteiger partial charge on any atom is -1.00 e. The van der Waals surface area contributed by atoms with Gasteiger partial charge in [0.2, 0.25) is 0 Å². The molecule has 0 aromatic carbocycles. The maximum absolute atomic E-state index is 2.23. The van der Waals surface area contributed by atoms with E-state index < -0.39 is 0 Å². The Morgan fingerprint density at radius 2 is 1.29 bits per heavy atom. The first-order chi connectivity index (χ1) is 2.91. The van der Waals surface area contributed by atoms with Gasteiger partial charge in [-0.1, -0.05) is 39.5 Å². The number of rotatable bonds is 3. The van der Waals surface area contributed by atoms with Crippen molar-refractivity contribution in [3.05, 3.63) is 0 Å². The second kappa shape index (κ2) is 10.6. The average Bonchev–Trinajstić information content (AvgIpc) is 1.61. The van der Waals surface area contributed by atoms with Crippen molar-refractivity contribution in [1.29, 1.82) is 0 Å². The molecule has 0 aromatic heterocycles. The molecule has 0 spiro atoms. The van der Waals surface area contributed by atoms with Gasteiger partial charge in [0.15, 0.2) is 0 Å². The molecule has 0 rings (SSSR count). The molecule has 0 heterocycles. The van der Waals surface area contributed by atoms with Crippen molar-refractivity contribution < 1.29 is 52.8 Å². The molecule has 7 heavy (non-hydrogen) atoms. The van der Waals surface area contributed by atoms with Gasteiger partial charge >= 0.3 is 51.4 Å². The summed E-state index contributed by atoms with van der Waals surface area (Å²) in [5, 5.41) is 0. The standard InChI is InChI=1S/C6H14.K.H/c1-3-5-6-4-2;;/h3-6H2,1-2H3;;/q;+1;-1. The van der Waals surface area contributed by atoms with E-state index in [-0.39, 0.29) is 52.8 Å². The SMILES string of the molecule is CCCCCC.[H-].[K+]. The molecular weight excluding hydrogens is 111 g/mol. The van der Waals surface area contributed by atoms with Gasteiger partial charge in [-0.2, -0.15) is 0 Å². The molecule has 40 valence electrons. The fraction of sp³-hybridized carbons (Fsp3) is 1.00. The van der Waals surface area contributed by atoms with Crippen LogP contribution in [0.3, 0.4) is 0 Å². The molecule has 0 atom stereocenters. The van der Waals surface area contributed by atoms with E-state index in [4.69, 9.17) is 0 Å². The molecule has 0 aliphatic carbocycles. The predicted molar refractivity (Wildman–Crippen MR) is 30.9 cm³/mol. The molecule has 0 bridgehead atoms. The molecule has 0 saturated carbocycles. The van der Waals surface area contributed by atoms with Gasteiger partial charge < -0.3 is 1.43 Å². The van der Waals surface area contributed by atoms with Crippen LogP contribution >= 0.6 is 0 Å². The number of hydrogen-bond acceptors (Lipinski definition) is 0. The summed E-state index contributed by atoms with van der Waals surface area (Å²) in [7, 11) is 0. The van der Waals surface area contributed by atoms with Crippen LogP contribution in [-0.2, 0) is 0 Å². The van der Waals surface area contributed by atoms with E-state index in [1.165, 1.54) is 25.7 Å². The maximum Gasteiger partial charge on any atom is 1.00 e. The molecule has 0 saturated heterocycles. The molecular formula is C6H15K. The first-order valence-corrected chi connectivity index (χ1v) is 2.91. The fourth-order valence-corrected chi connectivity index (χ4v) is 0.500. The Balaban J connectivity index is -0.000000125. The van der Waals surface area contributed by atoms with Crippen molar-refractivity contribution in [2.75, 3.05) is 0 Å². The number of unbranched alkanes of at least 4 members (excludes halogenated alkanes) is 3. The van der Waals surface area contributed by atoms with Crippen LogP contribution in [0.15, 0.2) is 0 Å². The van der Waals surface area contributed by atoms with Crippen molar-refractivity contribution in [2.24, 2.45) is 0 Å². The average molecular weight is 126 g/mol. The fourth-order valence-electron chi connectivity index (χ4n) is 0.500. The quantitative estimate of drug-likeness (QED) is 0.360. The van der Waals surface area contributed by atoms with Crippen LogP contribution in [0.1, 0.15) is 41.0 Å². The van der Waals surface area contributed by atoms with Gasteiger partial charge in [-0.25, -0.2) is 0 Å². The van der Waals surface area contributed by atoms with Crippen LogP contribution in [0, 0.1) is 0 Å². The van der Waals surface area contributed by atoms with Crippen LogP contribution in [-0.4, -0.2) is 0 Å². The van der Waals surface area contributed by atoms with Crippen molar-refractivity contribution in [3.8, 4) is 0 Å². The Labute approximate surface area is 91.0 Å². The zero-order chi connectivity index (χ0) is 4.83. The van der Waals surface area contributed by atoms with E-state index in [9.17, 15) is 0 Å². The van der Waals surface area contributed by atoms with Gasteiger partial charge in [0.05, 0.1) is 0 Å². The third-order valence-electron chi connectivity index (χ3n) is 0.957. The van der Waals surface area contributed by atoms with E-state index >= 15 is 0 Å². The summed E-state index contributed by atoms with van der Waals surface area (Å²) in [6.45, 7) is 4.46. The van der Waals surface area contributed by atoms with Crippen LogP contribution < -0.4 is 51.4 Å². The summed E-state index contributed by atoms with van der Waals surface area (Å²) in [5.41, 5.74) is 0. The Hall–Kier alpha value is 1.64. The monoisotopic (exact) mass is 126 g/mol. The summed E-state index contributed by atoms with van der Waals surface area (Å²) in [6.07, 6.45) is 5.54. The summed E-state index contributed by atoms with van der Waals surface area (Å²) < 4.78 is 0. The molecule has 0 aromatic rings. The Morgan fingerprint density at radius 3 is 1.43 bits per heavy atom. The number of hydrogen-bond donors (Lipinski definition) is 0. The molecule has 0 radical (unpaired) electrons. The summed E-state index contributed by atoms with van der Waals surface area (Å²) in [6, 6.07) is 0. The normalized spacial score (nSPS) is 7.71. The minimum absolute atomic E-state index is 0. The van der Waals surface area contributed by atoms with Crippen LogP contribution in [0.4, 0.5) is 0 Å². The Kier molecular flexibility index (Phi) is 17.3. The zero-order valence-corrected chi connectivity index (χ0v) is 8.95. The van der Waals surface area contributed by atoms with Gasteiger partial charge in [0, 0.05) is 0 Å². The van der Waals surface area contributed by atoms with Gasteiger partial charge in [-0.3, -0.25) is 0 Å². The Bertz CT molecular complexity index is 20.5.